The Morgan fingerprint density at radius 2 is 1.81 bits per heavy atom. The number of rotatable bonds is 4. The third kappa shape index (κ3) is 3.59. The van der Waals surface area contributed by atoms with E-state index in [0.29, 0.717) is 5.13 Å². The van der Waals surface area contributed by atoms with Crippen LogP contribution in [-0.2, 0) is 25.4 Å². The summed E-state index contributed by atoms with van der Waals surface area (Å²) < 4.78 is 3.70. The number of benzene rings is 1. The normalized spacial score (nSPS) is 11.3. The Kier molecular flexibility index (Phi) is 5.10. The number of hydrogen-bond donors (Lipinski definition) is 1. The first-order valence-electron chi connectivity index (χ1n) is 9.62. The molecule has 0 bridgehead atoms. The molecule has 9 nitrogen and oxygen atoms in total. The summed E-state index contributed by atoms with van der Waals surface area (Å²) in [4.78, 5) is 46.6. The largest absolute Gasteiger partial charge is 0.332 e. The number of amides is 1. The van der Waals surface area contributed by atoms with Gasteiger partial charge in [-0.2, -0.15) is 0 Å². The number of aryl methyl sites for hydroxylation is 5. The monoisotopic (exact) mass is 438 g/mol. The Hall–Kier alpha value is -3.53. The Labute approximate surface area is 181 Å². The maximum atomic E-state index is 12.8. The quantitative estimate of drug-likeness (QED) is 0.526. The van der Waals surface area contributed by atoms with Gasteiger partial charge in [-0.1, -0.05) is 17.7 Å². The van der Waals surface area contributed by atoms with Gasteiger partial charge in [0.05, 0.1) is 12.0 Å². The van der Waals surface area contributed by atoms with Crippen molar-refractivity contribution in [1.82, 2.24) is 23.7 Å². The highest BCUT2D eigenvalue weighted by molar-refractivity contribution is 7.14. The Morgan fingerprint density at radius 1 is 1.13 bits per heavy atom. The molecule has 0 fully saturated rings. The molecule has 0 aliphatic rings. The van der Waals surface area contributed by atoms with E-state index in [4.69, 9.17) is 0 Å². The van der Waals surface area contributed by atoms with Crippen LogP contribution in [0.3, 0.4) is 0 Å². The Morgan fingerprint density at radius 3 is 2.48 bits per heavy atom. The van der Waals surface area contributed by atoms with Crippen LogP contribution in [0.1, 0.15) is 16.7 Å². The SMILES string of the molecule is Cc1cc(C)c(-c2csc(NC(=O)Cn3c(=O)c4c(ncn4C)n(C)c3=O)n2)c(C)c1. The Bertz CT molecular complexity index is 1430. The van der Waals surface area contributed by atoms with Crippen LogP contribution in [0.4, 0.5) is 5.13 Å². The number of imidazole rings is 1. The van der Waals surface area contributed by atoms with Crippen molar-refractivity contribution in [2.24, 2.45) is 14.1 Å². The lowest BCUT2D eigenvalue weighted by Crippen LogP contribution is -2.42. The second kappa shape index (κ2) is 7.62. The molecule has 1 N–H and O–H groups in total. The number of nitrogens with one attached hydrogen (secondary N) is 1. The maximum Gasteiger partial charge on any atom is 0.332 e. The minimum absolute atomic E-state index is 0.261. The molecule has 0 atom stereocenters. The predicted molar refractivity (Wildman–Crippen MR) is 121 cm³/mol. The van der Waals surface area contributed by atoms with Crippen molar-refractivity contribution in [1.29, 1.82) is 0 Å². The summed E-state index contributed by atoms with van der Waals surface area (Å²) in [6.45, 7) is 5.70. The lowest BCUT2D eigenvalue weighted by atomic mass is 9.98. The summed E-state index contributed by atoms with van der Waals surface area (Å²) in [5.74, 6) is -0.501. The van der Waals surface area contributed by atoms with E-state index in [1.54, 1.807) is 7.05 Å². The van der Waals surface area contributed by atoms with Crippen LogP contribution in [0.25, 0.3) is 22.4 Å². The topological polar surface area (TPSA) is 104 Å². The first kappa shape index (κ1) is 20.7. The average Bonchev–Trinajstić information content (AvgIpc) is 3.29. The summed E-state index contributed by atoms with van der Waals surface area (Å²) >= 11 is 1.29. The summed E-state index contributed by atoms with van der Waals surface area (Å²) in [5, 5.41) is 4.99. The van der Waals surface area contributed by atoms with Gasteiger partial charge in [-0.25, -0.2) is 19.3 Å². The fraction of sp³-hybridized carbons (Fsp3) is 0.286. The van der Waals surface area contributed by atoms with E-state index in [1.165, 1.54) is 39.4 Å². The number of thiazole rings is 1. The lowest BCUT2D eigenvalue weighted by molar-refractivity contribution is -0.116. The van der Waals surface area contributed by atoms with E-state index in [2.05, 4.69) is 27.4 Å². The van der Waals surface area contributed by atoms with Crippen LogP contribution in [0.5, 0.6) is 0 Å². The fourth-order valence-corrected chi connectivity index (χ4v) is 4.59. The number of carbonyl (C=O) groups excluding carboxylic acids is 1. The second-order valence-corrected chi connectivity index (χ2v) is 8.48. The Balaban J connectivity index is 1.61. The molecule has 0 saturated carbocycles. The molecule has 4 aromatic rings. The average molecular weight is 439 g/mol. The van der Waals surface area contributed by atoms with Crippen molar-refractivity contribution in [2.75, 3.05) is 5.32 Å². The molecule has 160 valence electrons. The van der Waals surface area contributed by atoms with Crippen molar-refractivity contribution in [2.45, 2.75) is 27.3 Å². The minimum Gasteiger partial charge on any atom is -0.328 e. The fourth-order valence-electron chi connectivity index (χ4n) is 3.87. The first-order chi connectivity index (χ1) is 14.7. The highest BCUT2D eigenvalue weighted by atomic mass is 32.1. The second-order valence-electron chi connectivity index (χ2n) is 7.62. The standard InChI is InChI=1S/C21H22N6O3S/c1-11-6-12(2)16(13(3)7-11)14-9-31-20(23-14)24-15(28)8-27-19(29)17-18(22-10-25(17)4)26(5)21(27)30/h6-7,9-10H,8H2,1-5H3,(H,23,24,28). The van der Waals surface area contributed by atoms with Crippen LogP contribution < -0.4 is 16.6 Å². The molecule has 0 aliphatic heterocycles. The first-order valence-corrected chi connectivity index (χ1v) is 10.5. The zero-order valence-corrected chi connectivity index (χ0v) is 18.7. The molecule has 1 aromatic carbocycles. The van der Waals surface area contributed by atoms with Crippen molar-refractivity contribution in [3.8, 4) is 11.3 Å². The van der Waals surface area contributed by atoms with E-state index in [9.17, 15) is 14.4 Å². The smallest absolute Gasteiger partial charge is 0.328 e. The molecule has 10 heteroatoms. The van der Waals surface area contributed by atoms with Crippen molar-refractivity contribution < 1.29 is 4.79 Å². The van der Waals surface area contributed by atoms with Gasteiger partial charge in [0, 0.05) is 25.0 Å². The van der Waals surface area contributed by atoms with E-state index in [0.717, 1.165) is 27.0 Å². The van der Waals surface area contributed by atoms with Crippen molar-refractivity contribution >= 4 is 33.5 Å². The van der Waals surface area contributed by atoms with Gasteiger partial charge in [-0.15, -0.1) is 11.3 Å². The van der Waals surface area contributed by atoms with Crippen LogP contribution >= 0.6 is 11.3 Å². The van der Waals surface area contributed by atoms with Crippen LogP contribution in [0.2, 0.25) is 0 Å². The van der Waals surface area contributed by atoms with Gasteiger partial charge in [-0.3, -0.25) is 14.2 Å². The molecular weight excluding hydrogens is 416 g/mol. The van der Waals surface area contributed by atoms with E-state index >= 15 is 0 Å². The van der Waals surface area contributed by atoms with Crippen LogP contribution in [0, 0.1) is 20.8 Å². The third-order valence-electron chi connectivity index (χ3n) is 5.19. The zero-order valence-electron chi connectivity index (χ0n) is 17.9. The molecular formula is C21H22N6O3S. The molecule has 0 unspecified atom stereocenters. The van der Waals surface area contributed by atoms with Crippen LogP contribution in [-0.4, -0.2) is 29.6 Å². The van der Waals surface area contributed by atoms with Gasteiger partial charge in [-0.05, 0) is 31.9 Å². The van der Waals surface area contributed by atoms with E-state index in [1.807, 2.05) is 26.2 Å². The van der Waals surface area contributed by atoms with Crippen LogP contribution in [0.15, 0.2) is 33.4 Å². The molecule has 0 aliphatic carbocycles. The molecule has 31 heavy (non-hydrogen) atoms. The van der Waals surface area contributed by atoms with Gasteiger partial charge in [0.1, 0.15) is 6.54 Å². The molecule has 3 aromatic heterocycles. The highest BCUT2D eigenvalue weighted by Crippen LogP contribution is 2.31. The molecule has 0 radical (unpaired) electrons. The van der Waals surface area contributed by atoms with Crippen molar-refractivity contribution in [3.63, 3.8) is 0 Å². The number of hydrogen-bond acceptors (Lipinski definition) is 6. The number of carbonyl (C=O) groups is 1. The predicted octanol–water partition coefficient (Wildman–Crippen LogP) is 2.12. The van der Waals surface area contributed by atoms with Gasteiger partial charge in [0.25, 0.3) is 5.56 Å². The maximum absolute atomic E-state index is 12.8. The summed E-state index contributed by atoms with van der Waals surface area (Å²) in [5.41, 5.74) is 4.60. The number of aromatic nitrogens is 5. The van der Waals surface area contributed by atoms with Crippen molar-refractivity contribution in [3.05, 3.63) is 61.4 Å². The molecule has 3 heterocycles. The molecule has 1 amide bonds. The molecule has 4 rings (SSSR count). The zero-order chi connectivity index (χ0) is 22.4. The number of fused-ring (bicyclic) bond motifs is 1. The number of nitrogens with zero attached hydrogens (tertiary/aromatic N) is 5. The van der Waals surface area contributed by atoms with Gasteiger partial charge >= 0.3 is 5.69 Å². The minimum atomic E-state index is -0.600. The number of anilines is 1. The lowest BCUT2D eigenvalue weighted by Gasteiger charge is -2.09. The van der Waals surface area contributed by atoms with Gasteiger partial charge in [0.2, 0.25) is 5.91 Å². The summed E-state index contributed by atoms with van der Waals surface area (Å²) in [6.07, 6.45) is 1.46. The third-order valence-corrected chi connectivity index (χ3v) is 5.94. The summed E-state index contributed by atoms with van der Waals surface area (Å²) in [6, 6.07) is 4.19. The van der Waals surface area contributed by atoms with Gasteiger partial charge < -0.3 is 9.88 Å². The van der Waals surface area contributed by atoms with E-state index < -0.39 is 23.7 Å². The highest BCUT2D eigenvalue weighted by Gasteiger charge is 2.18. The molecule has 0 spiro atoms. The van der Waals surface area contributed by atoms with E-state index in [-0.39, 0.29) is 11.2 Å². The summed E-state index contributed by atoms with van der Waals surface area (Å²) in [7, 11) is 3.18. The van der Waals surface area contributed by atoms with Gasteiger partial charge in [0.15, 0.2) is 16.3 Å². The molecule has 0 saturated heterocycles.